The van der Waals surface area contributed by atoms with Crippen LogP contribution in [0.3, 0.4) is 0 Å². The van der Waals surface area contributed by atoms with Gasteiger partial charge in [-0.15, -0.1) is 11.6 Å². The Hall–Kier alpha value is -1.06. The van der Waals surface area contributed by atoms with Crippen molar-refractivity contribution < 1.29 is 4.52 Å². The molecule has 0 aliphatic heterocycles. The maximum Gasteiger partial charge on any atom is 0.258 e. The normalized spacial score (nSPS) is 10.6. The fourth-order valence-corrected chi connectivity index (χ4v) is 1.54. The zero-order valence-electron chi connectivity index (χ0n) is 8.00. The lowest BCUT2D eigenvalue weighted by Crippen LogP contribution is -1.85. The molecule has 5 heteroatoms. The van der Waals surface area contributed by atoms with Gasteiger partial charge in [0.25, 0.3) is 5.89 Å². The highest BCUT2D eigenvalue weighted by Crippen LogP contribution is 2.27. The molecule has 2 rings (SSSR count). The fourth-order valence-electron chi connectivity index (χ4n) is 1.26. The molecule has 1 aromatic heterocycles. The van der Waals surface area contributed by atoms with Crippen molar-refractivity contribution in [3.05, 3.63) is 34.6 Å². The summed E-state index contributed by atoms with van der Waals surface area (Å²) in [5.74, 6) is 1.17. The highest BCUT2D eigenvalue weighted by Gasteiger charge is 2.11. The molecule has 0 bridgehead atoms. The Morgan fingerprint density at radius 2 is 2.20 bits per heavy atom. The number of hydrogen-bond donors (Lipinski definition) is 0. The molecular weight excluding hydrogens is 235 g/mol. The Kier molecular flexibility index (Phi) is 2.93. The van der Waals surface area contributed by atoms with E-state index in [1.807, 2.05) is 25.1 Å². The average Bonchev–Trinajstić information content (AvgIpc) is 2.70. The summed E-state index contributed by atoms with van der Waals surface area (Å²) in [7, 11) is 0. The number of halogens is 2. The average molecular weight is 243 g/mol. The minimum atomic E-state index is 0.239. The lowest BCUT2D eigenvalue weighted by Gasteiger charge is -2.01. The molecule has 0 aliphatic carbocycles. The highest BCUT2D eigenvalue weighted by atomic mass is 35.5. The molecule has 0 unspecified atom stereocenters. The van der Waals surface area contributed by atoms with Crippen molar-refractivity contribution in [2.45, 2.75) is 12.8 Å². The van der Waals surface area contributed by atoms with E-state index in [0.29, 0.717) is 16.7 Å². The first kappa shape index (κ1) is 10.5. The van der Waals surface area contributed by atoms with Gasteiger partial charge in [-0.2, -0.15) is 4.98 Å². The first-order chi connectivity index (χ1) is 7.22. The molecule has 0 aliphatic rings. The minimum absolute atomic E-state index is 0.239. The third-order valence-electron chi connectivity index (χ3n) is 2.09. The number of benzene rings is 1. The van der Waals surface area contributed by atoms with Crippen LogP contribution < -0.4 is 0 Å². The Morgan fingerprint density at radius 3 is 2.87 bits per heavy atom. The van der Waals surface area contributed by atoms with Crippen LogP contribution in [0.2, 0.25) is 5.02 Å². The van der Waals surface area contributed by atoms with E-state index < -0.39 is 0 Å². The van der Waals surface area contributed by atoms with Gasteiger partial charge in [-0.3, -0.25) is 0 Å². The summed E-state index contributed by atoms with van der Waals surface area (Å²) in [5.41, 5.74) is 1.76. The molecule has 0 N–H and O–H groups in total. The van der Waals surface area contributed by atoms with E-state index in [9.17, 15) is 0 Å². The van der Waals surface area contributed by atoms with E-state index in [-0.39, 0.29) is 5.88 Å². The van der Waals surface area contributed by atoms with Crippen molar-refractivity contribution in [2.75, 3.05) is 0 Å². The Morgan fingerprint density at radius 1 is 1.40 bits per heavy atom. The van der Waals surface area contributed by atoms with Gasteiger partial charge in [-0.1, -0.05) is 22.8 Å². The van der Waals surface area contributed by atoms with Gasteiger partial charge in [0.05, 0.1) is 5.88 Å². The number of nitrogens with zero attached hydrogens (tertiary/aromatic N) is 2. The molecule has 15 heavy (non-hydrogen) atoms. The highest BCUT2D eigenvalue weighted by molar-refractivity contribution is 6.31. The van der Waals surface area contributed by atoms with Gasteiger partial charge >= 0.3 is 0 Å². The number of rotatable bonds is 2. The van der Waals surface area contributed by atoms with E-state index in [4.69, 9.17) is 27.7 Å². The van der Waals surface area contributed by atoms with E-state index >= 15 is 0 Å². The van der Waals surface area contributed by atoms with Gasteiger partial charge in [-0.25, -0.2) is 0 Å². The van der Waals surface area contributed by atoms with Crippen LogP contribution in [-0.4, -0.2) is 10.1 Å². The molecule has 78 valence electrons. The summed E-state index contributed by atoms with van der Waals surface area (Å²) >= 11 is 11.6. The van der Waals surface area contributed by atoms with Crippen molar-refractivity contribution in [1.82, 2.24) is 10.1 Å². The number of alkyl halides is 1. The van der Waals surface area contributed by atoms with Gasteiger partial charge in [0.1, 0.15) is 0 Å². The van der Waals surface area contributed by atoms with Crippen molar-refractivity contribution >= 4 is 23.2 Å². The smallest absolute Gasteiger partial charge is 0.258 e. The first-order valence-corrected chi connectivity index (χ1v) is 5.27. The van der Waals surface area contributed by atoms with E-state index in [0.717, 1.165) is 11.1 Å². The largest absolute Gasteiger partial charge is 0.334 e. The molecule has 2 aromatic rings. The van der Waals surface area contributed by atoms with Crippen molar-refractivity contribution in [3.8, 4) is 11.5 Å². The summed E-state index contributed by atoms with van der Waals surface area (Å²) < 4.78 is 5.07. The molecule has 0 saturated carbocycles. The zero-order chi connectivity index (χ0) is 10.8. The number of aromatic nitrogens is 2. The second kappa shape index (κ2) is 4.21. The Balaban J connectivity index is 2.49. The fraction of sp³-hybridized carbons (Fsp3) is 0.200. The minimum Gasteiger partial charge on any atom is -0.334 e. The molecule has 0 radical (unpaired) electrons. The molecule has 0 spiro atoms. The van der Waals surface area contributed by atoms with E-state index in [1.165, 1.54) is 0 Å². The lowest BCUT2D eigenvalue weighted by atomic mass is 10.1. The second-order valence-corrected chi connectivity index (χ2v) is 3.74. The summed E-state index contributed by atoms with van der Waals surface area (Å²) in [6.45, 7) is 1.90. The van der Waals surface area contributed by atoms with Crippen LogP contribution in [0.15, 0.2) is 22.7 Å². The van der Waals surface area contributed by atoms with Crippen LogP contribution in [-0.2, 0) is 5.88 Å². The van der Waals surface area contributed by atoms with Crippen LogP contribution in [0.5, 0.6) is 0 Å². The lowest BCUT2D eigenvalue weighted by molar-refractivity contribution is 0.425. The Labute approximate surface area is 97.0 Å². The van der Waals surface area contributed by atoms with Crippen LogP contribution in [0, 0.1) is 6.92 Å². The van der Waals surface area contributed by atoms with Gasteiger partial charge in [0.2, 0.25) is 0 Å². The number of hydrogen-bond acceptors (Lipinski definition) is 3. The zero-order valence-corrected chi connectivity index (χ0v) is 9.51. The molecule has 0 fully saturated rings. The van der Waals surface area contributed by atoms with E-state index in [1.54, 1.807) is 0 Å². The molecule has 0 atom stereocenters. The van der Waals surface area contributed by atoms with Crippen molar-refractivity contribution in [1.29, 1.82) is 0 Å². The standard InChI is InChI=1S/C10H8Cl2N2O/c1-6-7(3-2-4-8(6)12)10-13-9(5-11)14-15-10/h2-4H,5H2,1H3. The van der Waals surface area contributed by atoms with Gasteiger partial charge in [0, 0.05) is 10.6 Å². The maximum absolute atomic E-state index is 5.99. The molecule has 0 amide bonds. The van der Waals surface area contributed by atoms with Crippen molar-refractivity contribution in [2.24, 2.45) is 0 Å². The summed E-state index contributed by atoms with van der Waals surface area (Å²) in [6, 6.07) is 5.54. The topological polar surface area (TPSA) is 38.9 Å². The maximum atomic E-state index is 5.99. The van der Waals surface area contributed by atoms with Crippen molar-refractivity contribution in [3.63, 3.8) is 0 Å². The van der Waals surface area contributed by atoms with Gasteiger partial charge < -0.3 is 4.52 Å². The predicted octanol–water partition coefficient (Wildman–Crippen LogP) is 3.44. The summed E-state index contributed by atoms with van der Waals surface area (Å²) in [6.07, 6.45) is 0. The van der Waals surface area contributed by atoms with Gasteiger partial charge in [0.15, 0.2) is 5.82 Å². The Bertz CT molecular complexity index is 482. The SMILES string of the molecule is Cc1c(Cl)cccc1-c1nc(CCl)no1. The van der Waals surface area contributed by atoms with Crippen LogP contribution in [0.4, 0.5) is 0 Å². The second-order valence-electron chi connectivity index (χ2n) is 3.06. The quantitative estimate of drug-likeness (QED) is 0.758. The monoisotopic (exact) mass is 242 g/mol. The van der Waals surface area contributed by atoms with Crippen LogP contribution in [0.1, 0.15) is 11.4 Å². The van der Waals surface area contributed by atoms with Crippen LogP contribution >= 0.6 is 23.2 Å². The first-order valence-electron chi connectivity index (χ1n) is 4.36. The third-order valence-corrected chi connectivity index (χ3v) is 2.73. The van der Waals surface area contributed by atoms with Crippen LogP contribution in [0.25, 0.3) is 11.5 Å². The third kappa shape index (κ3) is 1.98. The molecule has 0 saturated heterocycles. The molecular formula is C10H8Cl2N2O. The van der Waals surface area contributed by atoms with E-state index in [2.05, 4.69) is 10.1 Å². The molecule has 1 aromatic carbocycles. The molecule has 3 nitrogen and oxygen atoms in total. The summed E-state index contributed by atoms with van der Waals surface area (Å²) in [4.78, 5) is 4.13. The predicted molar refractivity (Wildman–Crippen MR) is 59.0 cm³/mol. The molecule has 1 heterocycles. The summed E-state index contributed by atoms with van der Waals surface area (Å²) in [5, 5.41) is 4.40. The van der Waals surface area contributed by atoms with Gasteiger partial charge in [-0.05, 0) is 24.6 Å².